The number of rotatable bonds is 8. The highest BCUT2D eigenvalue weighted by Crippen LogP contribution is 2.21. The van der Waals surface area contributed by atoms with Crippen molar-refractivity contribution in [2.24, 2.45) is 0 Å². The molecule has 21 heavy (non-hydrogen) atoms. The van der Waals surface area contributed by atoms with E-state index in [1.54, 1.807) is 0 Å². The van der Waals surface area contributed by atoms with Crippen LogP contribution in [0.4, 0.5) is 5.69 Å². The average Bonchev–Trinajstić information content (AvgIpc) is 2.54. The largest absolute Gasteiger partial charge is 0.366 e. The fourth-order valence-electron chi connectivity index (χ4n) is 2.42. The van der Waals surface area contributed by atoms with Gasteiger partial charge in [0.1, 0.15) is 0 Å². The van der Waals surface area contributed by atoms with Gasteiger partial charge < -0.3 is 10.2 Å². The highest BCUT2D eigenvalue weighted by molar-refractivity contribution is 5.52. The summed E-state index contributed by atoms with van der Waals surface area (Å²) in [6.45, 7) is 8.22. The van der Waals surface area contributed by atoms with E-state index in [2.05, 4.69) is 65.4 Å². The number of benzene rings is 1. The lowest BCUT2D eigenvalue weighted by Crippen LogP contribution is -2.25. The van der Waals surface area contributed by atoms with E-state index < -0.39 is 0 Å². The van der Waals surface area contributed by atoms with E-state index in [9.17, 15) is 0 Å². The normalized spacial score (nSPS) is 10.6. The van der Waals surface area contributed by atoms with Gasteiger partial charge in [-0.2, -0.15) is 0 Å². The van der Waals surface area contributed by atoms with Crippen LogP contribution in [0.25, 0.3) is 0 Å². The predicted octanol–water partition coefficient (Wildman–Crippen LogP) is 3.61. The first kappa shape index (κ1) is 15.5. The predicted molar refractivity (Wildman–Crippen MR) is 89.4 cm³/mol. The Balaban J connectivity index is 2.13. The molecule has 0 bridgehead atoms. The second-order valence-electron chi connectivity index (χ2n) is 5.18. The molecule has 0 aliphatic carbocycles. The van der Waals surface area contributed by atoms with E-state index in [1.165, 1.54) is 16.8 Å². The fraction of sp³-hybridized carbons (Fsp3) is 0.389. The molecule has 1 heterocycles. The van der Waals surface area contributed by atoms with Gasteiger partial charge in [-0.1, -0.05) is 37.3 Å². The van der Waals surface area contributed by atoms with Gasteiger partial charge in [0.05, 0.1) is 11.9 Å². The number of nitrogens with one attached hydrogen (secondary N) is 1. The lowest BCUT2D eigenvalue weighted by Gasteiger charge is -2.25. The van der Waals surface area contributed by atoms with Crippen LogP contribution in [-0.4, -0.2) is 18.1 Å². The molecule has 0 atom stereocenters. The van der Waals surface area contributed by atoms with Crippen molar-refractivity contribution in [3.63, 3.8) is 0 Å². The van der Waals surface area contributed by atoms with Crippen LogP contribution in [0.3, 0.4) is 0 Å². The monoisotopic (exact) mass is 283 g/mol. The van der Waals surface area contributed by atoms with Crippen LogP contribution in [0.5, 0.6) is 0 Å². The molecule has 1 aromatic heterocycles. The van der Waals surface area contributed by atoms with E-state index in [-0.39, 0.29) is 0 Å². The lowest BCUT2D eigenvalue weighted by molar-refractivity contribution is 0.671. The Morgan fingerprint density at radius 3 is 2.62 bits per heavy atom. The third kappa shape index (κ3) is 4.57. The molecule has 0 radical (unpaired) electrons. The summed E-state index contributed by atoms with van der Waals surface area (Å²) in [4.78, 5) is 6.69. The molecule has 3 heteroatoms. The summed E-state index contributed by atoms with van der Waals surface area (Å²) in [6, 6.07) is 12.7. The van der Waals surface area contributed by atoms with Gasteiger partial charge in [0.2, 0.25) is 0 Å². The molecule has 0 aliphatic rings. The molecule has 0 aliphatic heterocycles. The average molecular weight is 283 g/mol. The topological polar surface area (TPSA) is 28.2 Å². The lowest BCUT2D eigenvalue weighted by atomic mass is 10.1. The molecule has 0 spiro atoms. The van der Waals surface area contributed by atoms with E-state index >= 15 is 0 Å². The number of anilines is 1. The Morgan fingerprint density at radius 2 is 1.90 bits per heavy atom. The fourth-order valence-corrected chi connectivity index (χ4v) is 2.42. The molecule has 1 N–H and O–H groups in total. The molecular formula is C18H25N3. The van der Waals surface area contributed by atoms with Crippen LogP contribution in [0, 0.1) is 0 Å². The Morgan fingerprint density at radius 1 is 1.10 bits per heavy atom. The number of nitrogens with zero attached hydrogens (tertiary/aromatic N) is 2. The second-order valence-corrected chi connectivity index (χ2v) is 5.18. The van der Waals surface area contributed by atoms with Crippen molar-refractivity contribution in [1.82, 2.24) is 10.3 Å². The molecule has 0 unspecified atom stereocenters. The highest BCUT2D eigenvalue weighted by Gasteiger charge is 2.10. The van der Waals surface area contributed by atoms with E-state index in [4.69, 9.17) is 0 Å². The summed E-state index contributed by atoms with van der Waals surface area (Å²) in [5, 5.41) is 3.48. The van der Waals surface area contributed by atoms with E-state index in [1.807, 2.05) is 12.4 Å². The van der Waals surface area contributed by atoms with Gasteiger partial charge in [0, 0.05) is 25.8 Å². The van der Waals surface area contributed by atoms with Crippen LogP contribution in [-0.2, 0) is 13.1 Å². The first-order chi connectivity index (χ1) is 10.3. The van der Waals surface area contributed by atoms with Gasteiger partial charge in [-0.05, 0) is 37.1 Å². The first-order valence-electron chi connectivity index (χ1n) is 7.77. The number of pyridine rings is 1. The van der Waals surface area contributed by atoms with Gasteiger partial charge in [0.15, 0.2) is 0 Å². The Kier molecular flexibility index (Phi) is 6.22. The van der Waals surface area contributed by atoms with E-state index in [0.717, 1.165) is 32.6 Å². The quantitative estimate of drug-likeness (QED) is 0.750. The third-order valence-electron chi connectivity index (χ3n) is 3.57. The van der Waals surface area contributed by atoms with Crippen molar-refractivity contribution < 1.29 is 0 Å². The molecule has 0 amide bonds. The van der Waals surface area contributed by atoms with Crippen molar-refractivity contribution >= 4 is 5.69 Å². The minimum atomic E-state index is 0.900. The van der Waals surface area contributed by atoms with Crippen LogP contribution >= 0.6 is 0 Å². The molecule has 0 saturated heterocycles. The maximum atomic E-state index is 4.31. The van der Waals surface area contributed by atoms with Gasteiger partial charge in [-0.3, -0.25) is 4.98 Å². The zero-order chi connectivity index (χ0) is 14.9. The van der Waals surface area contributed by atoms with Crippen molar-refractivity contribution in [3.8, 4) is 0 Å². The minimum Gasteiger partial charge on any atom is -0.366 e. The van der Waals surface area contributed by atoms with E-state index in [0.29, 0.717) is 0 Å². The van der Waals surface area contributed by atoms with Crippen LogP contribution < -0.4 is 10.2 Å². The molecule has 1 aromatic carbocycles. The SMILES string of the molecule is CCCNCc1ccncc1N(CC)Cc1ccccc1. The molecule has 2 rings (SSSR count). The van der Waals surface area contributed by atoms with Crippen LogP contribution in [0.1, 0.15) is 31.4 Å². The molecule has 3 nitrogen and oxygen atoms in total. The minimum absolute atomic E-state index is 0.900. The summed E-state index contributed by atoms with van der Waals surface area (Å²) in [5.74, 6) is 0. The van der Waals surface area contributed by atoms with Crippen molar-refractivity contribution in [2.45, 2.75) is 33.4 Å². The number of hydrogen-bond donors (Lipinski definition) is 1. The zero-order valence-electron chi connectivity index (χ0n) is 13.0. The maximum Gasteiger partial charge on any atom is 0.0601 e. The summed E-state index contributed by atoms with van der Waals surface area (Å²) >= 11 is 0. The Hall–Kier alpha value is -1.87. The molecule has 2 aromatic rings. The summed E-state index contributed by atoms with van der Waals surface area (Å²) in [6.07, 6.45) is 5.01. The van der Waals surface area contributed by atoms with Gasteiger partial charge in [0.25, 0.3) is 0 Å². The Bertz CT molecular complexity index is 525. The van der Waals surface area contributed by atoms with Crippen molar-refractivity contribution in [2.75, 3.05) is 18.0 Å². The second kappa shape index (κ2) is 8.42. The van der Waals surface area contributed by atoms with Gasteiger partial charge in [-0.25, -0.2) is 0 Å². The van der Waals surface area contributed by atoms with Crippen LogP contribution in [0.2, 0.25) is 0 Å². The van der Waals surface area contributed by atoms with Gasteiger partial charge in [-0.15, -0.1) is 0 Å². The Labute approximate surface area is 128 Å². The highest BCUT2D eigenvalue weighted by atomic mass is 15.1. The maximum absolute atomic E-state index is 4.31. The molecular weight excluding hydrogens is 258 g/mol. The van der Waals surface area contributed by atoms with Crippen LogP contribution in [0.15, 0.2) is 48.8 Å². The number of aromatic nitrogens is 1. The molecule has 0 saturated carbocycles. The summed E-state index contributed by atoms with van der Waals surface area (Å²) < 4.78 is 0. The van der Waals surface area contributed by atoms with Gasteiger partial charge >= 0.3 is 0 Å². The summed E-state index contributed by atoms with van der Waals surface area (Å²) in [7, 11) is 0. The van der Waals surface area contributed by atoms with Crippen molar-refractivity contribution in [3.05, 3.63) is 59.9 Å². The first-order valence-corrected chi connectivity index (χ1v) is 7.77. The smallest absolute Gasteiger partial charge is 0.0601 e. The number of hydrogen-bond acceptors (Lipinski definition) is 3. The zero-order valence-corrected chi connectivity index (χ0v) is 13.0. The molecule has 112 valence electrons. The van der Waals surface area contributed by atoms with Crippen molar-refractivity contribution in [1.29, 1.82) is 0 Å². The standard InChI is InChI=1S/C18H25N3/c1-3-11-19-13-17-10-12-20-14-18(17)21(4-2)15-16-8-6-5-7-9-16/h5-10,12,14,19H,3-4,11,13,15H2,1-2H3. The molecule has 0 fully saturated rings. The third-order valence-corrected chi connectivity index (χ3v) is 3.57. The summed E-state index contributed by atoms with van der Waals surface area (Å²) in [5.41, 5.74) is 3.87.